The number of hydrogen-bond donors (Lipinski definition) is 1. The van der Waals surface area contributed by atoms with Crippen LogP contribution in [0, 0.1) is 17.8 Å². The fourth-order valence-corrected chi connectivity index (χ4v) is 2.11. The van der Waals surface area contributed by atoms with Crippen molar-refractivity contribution in [3.8, 4) is 5.88 Å². The Hall–Kier alpha value is -1.32. The van der Waals surface area contributed by atoms with Gasteiger partial charge in [0.2, 0.25) is 11.8 Å². The van der Waals surface area contributed by atoms with E-state index in [9.17, 15) is 0 Å². The van der Waals surface area contributed by atoms with Crippen LogP contribution in [0.15, 0.2) is 12.3 Å². The summed E-state index contributed by atoms with van der Waals surface area (Å²) in [4.78, 5) is 8.52. The molecule has 102 valence electrons. The standard InChI is InChI=1S/C14H25N3O/c1-6-18-13-7-8-15-14(17-13)16-9-12(10(2)3)11(4)5/h7-8,10-12H,6,9H2,1-5H3,(H,15,16,17). The molecule has 0 saturated heterocycles. The van der Waals surface area contributed by atoms with Gasteiger partial charge < -0.3 is 10.1 Å². The van der Waals surface area contributed by atoms with Crippen LogP contribution >= 0.6 is 0 Å². The molecule has 0 spiro atoms. The first-order valence-corrected chi connectivity index (χ1v) is 6.74. The van der Waals surface area contributed by atoms with Crippen LogP contribution in [0.4, 0.5) is 5.95 Å². The van der Waals surface area contributed by atoms with Gasteiger partial charge in [-0.2, -0.15) is 4.98 Å². The topological polar surface area (TPSA) is 47.0 Å². The molecule has 18 heavy (non-hydrogen) atoms. The van der Waals surface area contributed by atoms with Crippen LogP contribution in [0.3, 0.4) is 0 Å². The lowest BCUT2D eigenvalue weighted by Crippen LogP contribution is -2.25. The summed E-state index contributed by atoms with van der Waals surface area (Å²) in [6.07, 6.45) is 1.72. The monoisotopic (exact) mass is 251 g/mol. The molecule has 0 radical (unpaired) electrons. The molecule has 0 aromatic carbocycles. The molecule has 0 amide bonds. The van der Waals surface area contributed by atoms with Crippen molar-refractivity contribution in [3.05, 3.63) is 12.3 Å². The van der Waals surface area contributed by atoms with Crippen molar-refractivity contribution in [2.75, 3.05) is 18.5 Å². The number of rotatable bonds is 7. The smallest absolute Gasteiger partial charge is 0.225 e. The number of aromatic nitrogens is 2. The van der Waals surface area contributed by atoms with E-state index in [0.717, 1.165) is 6.54 Å². The molecule has 0 aliphatic rings. The summed E-state index contributed by atoms with van der Waals surface area (Å²) in [6, 6.07) is 1.77. The first kappa shape index (κ1) is 14.7. The van der Waals surface area contributed by atoms with E-state index in [4.69, 9.17) is 4.74 Å². The van der Waals surface area contributed by atoms with E-state index in [-0.39, 0.29) is 0 Å². The SMILES string of the molecule is CCOc1ccnc(NCC(C(C)C)C(C)C)n1. The fourth-order valence-electron chi connectivity index (χ4n) is 2.11. The highest BCUT2D eigenvalue weighted by Gasteiger charge is 2.17. The van der Waals surface area contributed by atoms with Crippen LogP contribution < -0.4 is 10.1 Å². The summed E-state index contributed by atoms with van der Waals surface area (Å²) >= 11 is 0. The fraction of sp³-hybridized carbons (Fsp3) is 0.714. The number of nitrogens with one attached hydrogen (secondary N) is 1. The van der Waals surface area contributed by atoms with Gasteiger partial charge in [-0.25, -0.2) is 4.98 Å². The Bertz CT molecular complexity index is 345. The van der Waals surface area contributed by atoms with Gasteiger partial charge in [0, 0.05) is 18.8 Å². The Labute approximate surface area is 110 Å². The Morgan fingerprint density at radius 2 is 1.89 bits per heavy atom. The van der Waals surface area contributed by atoms with Crippen molar-refractivity contribution in [1.29, 1.82) is 0 Å². The molecule has 1 N–H and O–H groups in total. The third kappa shape index (κ3) is 4.51. The Morgan fingerprint density at radius 1 is 1.22 bits per heavy atom. The van der Waals surface area contributed by atoms with Crippen LogP contribution in [0.25, 0.3) is 0 Å². The van der Waals surface area contributed by atoms with Gasteiger partial charge in [-0.1, -0.05) is 27.7 Å². The van der Waals surface area contributed by atoms with E-state index in [1.165, 1.54) is 0 Å². The summed E-state index contributed by atoms with van der Waals surface area (Å²) < 4.78 is 5.36. The maximum absolute atomic E-state index is 5.36. The summed E-state index contributed by atoms with van der Waals surface area (Å²) in [6.45, 7) is 12.5. The van der Waals surface area contributed by atoms with Gasteiger partial charge in [0.05, 0.1) is 6.61 Å². The van der Waals surface area contributed by atoms with Crippen LogP contribution in [0.1, 0.15) is 34.6 Å². The second-order valence-electron chi connectivity index (χ2n) is 5.18. The second kappa shape index (κ2) is 7.19. The minimum absolute atomic E-state index is 0.615. The van der Waals surface area contributed by atoms with Crippen molar-refractivity contribution in [2.45, 2.75) is 34.6 Å². The van der Waals surface area contributed by atoms with E-state index in [2.05, 4.69) is 43.0 Å². The zero-order valence-electron chi connectivity index (χ0n) is 12.1. The van der Waals surface area contributed by atoms with Crippen molar-refractivity contribution >= 4 is 5.95 Å². The van der Waals surface area contributed by atoms with E-state index in [0.29, 0.717) is 36.2 Å². The Kier molecular flexibility index (Phi) is 5.89. The molecule has 0 saturated carbocycles. The van der Waals surface area contributed by atoms with Crippen LogP contribution in [-0.4, -0.2) is 23.1 Å². The van der Waals surface area contributed by atoms with Gasteiger partial charge >= 0.3 is 0 Å². The van der Waals surface area contributed by atoms with Crippen molar-refractivity contribution in [1.82, 2.24) is 9.97 Å². The number of nitrogens with zero attached hydrogens (tertiary/aromatic N) is 2. The van der Waals surface area contributed by atoms with Gasteiger partial charge in [-0.3, -0.25) is 0 Å². The molecule has 0 fully saturated rings. The van der Waals surface area contributed by atoms with Gasteiger partial charge in [0.25, 0.3) is 0 Å². The average molecular weight is 251 g/mol. The Balaban J connectivity index is 2.59. The third-order valence-corrected chi connectivity index (χ3v) is 3.13. The quantitative estimate of drug-likeness (QED) is 0.808. The largest absolute Gasteiger partial charge is 0.478 e. The van der Waals surface area contributed by atoms with Crippen molar-refractivity contribution in [3.63, 3.8) is 0 Å². The highest BCUT2D eigenvalue weighted by molar-refractivity contribution is 5.27. The number of ether oxygens (including phenoxy) is 1. The normalized spacial score (nSPS) is 11.3. The molecule has 1 rings (SSSR count). The molecular formula is C14H25N3O. The maximum atomic E-state index is 5.36. The zero-order valence-corrected chi connectivity index (χ0v) is 12.1. The average Bonchev–Trinajstić information content (AvgIpc) is 2.29. The predicted molar refractivity (Wildman–Crippen MR) is 74.9 cm³/mol. The lowest BCUT2D eigenvalue weighted by Gasteiger charge is -2.25. The summed E-state index contributed by atoms with van der Waals surface area (Å²) in [5.41, 5.74) is 0. The molecule has 0 bridgehead atoms. The van der Waals surface area contributed by atoms with E-state index < -0.39 is 0 Å². The first-order valence-electron chi connectivity index (χ1n) is 6.74. The maximum Gasteiger partial charge on any atom is 0.225 e. The van der Waals surface area contributed by atoms with Gasteiger partial charge in [-0.15, -0.1) is 0 Å². The number of anilines is 1. The van der Waals surface area contributed by atoms with Gasteiger partial charge in [0.1, 0.15) is 0 Å². The first-order chi connectivity index (χ1) is 8.54. The minimum atomic E-state index is 0.615. The molecule has 0 unspecified atom stereocenters. The highest BCUT2D eigenvalue weighted by Crippen LogP contribution is 2.20. The molecule has 0 aliphatic heterocycles. The molecule has 4 nitrogen and oxygen atoms in total. The van der Waals surface area contributed by atoms with Crippen LogP contribution in [-0.2, 0) is 0 Å². The van der Waals surface area contributed by atoms with Gasteiger partial charge in [0.15, 0.2) is 0 Å². The third-order valence-electron chi connectivity index (χ3n) is 3.13. The lowest BCUT2D eigenvalue weighted by atomic mass is 9.85. The molecular weight excluding hydrogens is 226 g/mol. The molecule has 4 heteroatoms. The molecule has 1 heterocycles. The van der Waals surface area contributed by atoms with Crippen molar-refractivity contribution in [2.24, 2.45) is 17.8 Å². The summed E-state index contributed by atoms with van der Waals surface area (Å²) in [5.74, 6) is 3.18. The van der Waals surface area contributed by atoms with E-state index >= 15 is 0 Å². The molecule has 0 aliphatic carbocycles. The minimum Gasteiger partial charge on any atom is -0.478 e. The van der Waals surface area contributed by atoms with E-state index in [1.54, 1.807) is 12.3 Å². The second-order valence-corrected chi connectivity index (χ2v) is 5.18. The molecule has 0 atom stereocenters. The molecule has 1 aromatic heterocycles. The summed E-state index contributed by atoms with van der Waals surface area (Å²) in [7, 11) is 0. The van der Waals surface area contributed by atoms with Crippen LogP contribution in [0.2, 0.25) is 0 Å². The van der Waals surface area contributed by atoms with Gasteiger partial charge in [-0.05, 0) is 24.7 Å². The van der Waals surface area contributed by atoms with Crippen LogP contribution in [0.5, 0.6) is 5.88 Å². The van der Waals surface area contributed by atoms with E-state index in [1.807, 2.05) is 6.92 Å². The summed E-state index contributed by atoms with van der Waals surface area (Å²) in [5, 5.41) is 3.30. The highest BCUT2D eigenvalue weighted by atomic mass is 16.5. The van der Waals surface area contributed by atoms with Crippen molar-refractivity contribution < 1.29 is 4.74 Å². The molecule has 1 aromatic rings. The predicted octanol–water partition coefficient (Wildman–Crippen LogP) is 3.22. The lowest BCUT2D eigenvalue weighted by molar-refractivity contribution is 0.303. The zero-order chi connectivity index (χ0) is 13.5. The Morgan fingerprint density at radius 3 is 2.44 bits per heavy atom. The number of hydrogen-bond acceptors (Lipinski definition) is 4.